The number of carbonyl (C=O) groups is 1. The molecule has 2 heterocycles. The van der Waals surface area contributed by atoms with Crippen molar-refractivity contribution in [3.63, 3.8) is 0 Å². The molecule has 0 unspecified atom stereocenters. The summed E-state index contributed by atoms with van der Waals surface area (Å²) in [6.45, 7) is 9.48. The predicted octanol–water partition coefficient (Wildman–Crippen LogP) is 4.46. The zero-order valence-electron chi connectivity index (χ0n) is 19.0. The molecular formula is C25H30FN5O. The number of aromatic nitrogens is 2. The van der Waals surface area contributed by atoms with Gasteiger partial charge in [-0.05, 0) is 48.7 Å². The minimum Gasteiger partial charge on any atom is -0.340 e. The molecule has 1 amide bonds. The summed E-state index contributed by atoms with van der Waals surface area (Å²) in [5.41, 5.74) is 9.57. The third-order valence-electron chi connectivity index (χ3n) is 5.92. The topological polar surface area (TPSA) is 76.2 Å². The van der Waals surface area contributed by atoms with Crippen molar-refractivity contribution >= 4 is 17.4 Å². The van der Waals surface area contributed by atoms with Gasteiger partial charge in [0, 0.05) is 24.3 Å². The second-order valence-corrected chi connectivity index (χ2v) is 9.48. The van der Waals surface area contributed by atoms with Gasteiger partial charge in [0.2, 0.25) is 5.91 Å². The van der Waals surface area contributed by atoms with Crippen LogP contribution in [0, 0.1) is 18.2 Å². The standard InChI is InChI=1S/C25H30FN5O/c1-16-5-11-19(12-6-16)28-23-21(17-7-9-18(26)10-8-17)29-20-15-30(13-14-31(20)23)24(32)22(27)25(2,3)4/h5-12,22,28H,13-15,27H2,1-4H3/t22-/m1/s1. The number of fused-ring (bicyclic) bond motifs is 1. The number of aryl methyl sites for hydroxylation is 1. The van der Waals surface area contributed by atoms with Gasteiger partial charge >= 0.3 is 0 Å². The number of nitrogens with zero attached hydrogens (tertiary/aromatic N) is 3. The number of hydrogen-bond donors (Lipinski definition) is 2. The summed E-state index contributed by atoms with van der Waals surface area (Å²) in [4.78, 5) is 19.6. The average molecular weight is 436 g/mol. The first-order valence-electron chi connectivity index (χ1n) is 10.9. The van der Waals surface area contributed by atoms with E-state index in [0.29, 0.717) is 19.6 Å². The van der Waals surface area contributed by atoms with Crippen molar-refractivity contribution in [2.75, 3.05) is 11.9 Å². The van der Waals surface area contributed by atoms with Gasteiger partial charge < -0.3 is 20.5 Å². The molecule has 1 aliphatic heterocycles. The van der Waals surface area contributed by atoms with E-state index in [0.717, 1.165) is 28.6 Å². The van der Waals surface area contributed by atoms with Crippen LogP contribution in [0.4, 0.5) is 15.9 Å². The van der Waals surface area contributed by atoms with Crippen LogP contribution in [0.3, 0.4) is 0 Å². The number of halogens is 1. The molecule has 32 heavy (non-hydrogen) atoms. The Balaban J connectivity index is 1.70. The largest absolute Gasteiger partial charge is 0.340 e. The van der Waals surface area contributed by atoms with E-state index in [2.05, 4.69) is 9.88 Å². The molecule has 4 rings (SSSR count). The molecule has 3 N–H and O–H groups in total. The normalized spacial score (nSPS) is 14.8. The van der Waals surface area contributed by atoms with Crippen LogP contribution in [0.25, 0.3) is 11.3 Å². The molecule has 1 aliphatic rings. The van der Waals surface area contributed by atoms with Crippen LogP contribution in [0.15, 0.2) is 48.5 Å². The SMILES string of the molecule is Cc1ccc(Nc2c(-c3ccc(F)cc3)nc3n2CCN(C(=O)[C@@H](N)C(C)(C)C)C3)cc1. The smallest absolute Gasteiger partial charge is 0.240 e. The molecule has 1 aromatic heterocycles. The van der Waals surface area contributed by atoms with Gasteiger partial charge in [0.1, 0.15) is 23.2 Å². The molecule has 0 saturated carbocycles. The molecule has 2 aromatic carbocycles. The number of carbonyl (C=O) groups excluding carboxylic acids is 1. The number of nitrogens with two attached hydrogens (primary N) is 1. The Kier molecular flexibility index (Phi) is 5.77. The third-order valence-corrected chi connectivity index (χ3v) is 5.92. The lowest BCUT2D eigenvalue weighted by Crippen LogP contribution is -2.52. The highest BCUT2D eigenvalue weighted by Crippen LogP contribution is 2.34. The van der Waals surface area contributed by atoms with Crippen molar-refractivity contribution in [3.05, 3.63) is 65.7 Å². The Morgan fingerprint density at radius 1 is 1.09 bits per heavy atom. The molecule has 0 bridgehead atoms. The van der Waals surface area contributed by atoms with Crippen molar-refractivity contribution in [2.24, 2.45) is 11.1 Å². The van der Waals surface area contributed by atoms with Crippen LogP contribution in [-0.2, 0) is 17.9 Å². The Bertz CT molecular complexity index is 1110. The highest BCUT2D eigenvalue weighted by molar-refractivity contribution is 5.83. The molecule has 0 spiro atoms. The first-order valence-corrected chi connectivity index (χ1v) is 10.9. The molecule has 0 radical (unpaired) electrons. The molecule has 0 aliphatic carbocycles. The number of benzene rings is 2. The van der Waals surface area contributed by atoms with Crippen LogP contribution in [0.5, 0.6) is 0 Å². The summed E-state index contributed by atoms with van der Waals surface area (Å²) in [5, 5.41) is 3.49. The Labute approximate surface area is 188 Å². The molecule has 0 fully saturated rings. The summed E-state index contributed by atoms with van der Waals surface area (Å²) in [6, 6.07) is 13.9. The van der Waals surface area contributed by atoms with Crippen LogP contribution >= 0.6 is 0 Å². The van der Waals surface area contributed by atoms with Crippen molar-refractivity contribution in [1.82, 2.24) is 14.5 Å². The Hall–Kier alpha value is -3.19. The fourth-order valence-electron chi connectivity index (χ4n) is 3.80. The summed E-state index contributed by atoms with van der Waals surface area (Å²) in [6.07, 6.45) is 0. The van der Waals surface area contributed by atoms with E-state index in [1.165, 1.54) is 17.7 Å². The lowest BCUT2D eigenvalue weighted by Gasteiger charge is -2.34. The minimum atomic E-state index is -0.578. The third kappa shape index (κ3) is 4.39. The molecule has 0 saturated heterocycles. The van der Waals surface area contributed by atoms with E-state index in [1.54, 1.807) is 17.0 Å². The van der Waals surface area contributed by atoms with Crippen LogP contribution in [0.1, 0.15) is 32.2 Å². The van der Waals surface area contributed by atoms with E-state index in [-0.39, 0.29) is 17.1 Å². The monoisotopic (exact) mass is 435 g/mol. The maximum Gasteiger partial charge on any atom is 0.240 e. The van der Waals surface area contributed by atoms with Gasteiger partial charge in [-0.1, -0.05) is 38.5 Å². The van der Waals surface area contributed by atoms with Gasteiger partial charge in [-0.15, -0.1) is 0 Å². The highest BCUT2D eigenvalue weighted by atomic mass is 19.1. The number of amides is 1. The summed E-state index contributed by atoms with van der Waals surface area (Å²) in [7, 11) is 0. The van der Waals surface area contributed by atoms with E-state index in [1.807, 2.05) is 52.0 Å². The van der Waals surface area contributed by atoms with Gasteiger partial charge in [0.05, 0.1) is 12.6 Å². The Morgan fingerprint density at radius 2 is 1.75 bits per heavy atom. The summed E-state index contributed by atoms with van der Waals surface area (Å²) >= 11 is 0. The Morgan fingerprint density at radius 3 is 2.38 bits per heavy atom. The molecule has 7 heteroatoms. The summed E-state index contributed by atoms with van der Waals surface area (Å²) < 4.78 is 15.6. The van der Waals surface area contributed by atoms with Gasteiger partial charge in [-0.3, -0.25) is 4.79 Å². The van der Waals surface area contributed by atoms with Crippen molar-refractivity contribution in [3.8, 4) is 11.3 Å². The molecule has 168 valence electrons. The average Bonchev–Trinajstić information content (AvgIpc) is 3.11. The number of nitrogens with one attached hydrogen (secondary N) is 1. The van der Waals surface area contributed by atoms with Crippen LogP contribution in [-0.4, -0.2) is 32.9 Å². The number of rotatable bonds is 4. The van der Waals surface area contributed by atoms with Crippen molar-refractivity contribution in [1.29, 1.82) is 0 Å². The van der Waals surface area contributed by atoms with Crippen LogP contribution < -0.4 is 11.1 Å². The van der Waals surface area contributed by atoms with Gasteiger partial charge in [-0.25, -0.2) is 9.37 Å². The van der Waals surface area contributed by atoms with Gasteiger partial charge in [0.15, 0.2) is 0 Å². The quantitative estimate of drug-likeness (QED) is 0.635. The van der Waals surface area contributed by atoms with E-state index >= 15 is 0 Å². The number of anilines is 2. The maximum absolute atomic E-state index is 13.5. The maximum atomic E-state index is 13.5. The number of imidazole rings is 1. The number of hydrogen-bond acceptors (Lipinski definition) is 4. The predicted molar refractivity (Wildman–Crippen MR) is 125 cm³/mol. The van der Waals surface area contributed by atoms with Crippen LogP contribution in [0.2, 0.25) is 0 Å². The fraction of sp³-hybridized carbons (Fsp3) is 0.360. The second-order valence-electron chi connectivity index (χ2n) is 9.48. The van der Waals surface area contributed by atoms with Crippen molar-refractivity contribution < 1.29 is 9.18 Å². The van der Waals surface area contributed by atoms with E-state index in [4.69, 9.17) is 10.7 Å². The molecule has 1 atom stereocenters. The van der Waals surface area contributed by atoms with Gasteiger partial charge in [0.25, 0.3) is 0 Å². The zero-order chi connectivity index (χ0) is 23.0. The van der Waals surface area contributed by atoms with Crippen molar-refractivity contribution in [2.45, 2.75) is 46.8 Å². The molecular weight excluding hydrogens is 405 g/mol. The second kappa shape index (κ2) is 8.39. The van der Waals surface area contributed by atoms with E-state index in [9.17, 15) is 9.18 Å². The summed E-state index contributed by atoms with van der Waals surface area (Å²) in [5.74, 6) is 1.25. The molecule has 6 nitrogen and oxygen atoms in total. The lowest BCUT2D eigenvalue weighted by molar-refractivity contribution is -0.136. The lowest BCUT2D eigenvalue weighted by atomic mass is 9.86. The molecule has 3 aromatic rings. The highest BCUT2D eigenvalue weighted by Gasteiger charge is 2.34. The minimum absolute atomic E-state index is 0.0666. The first-order chi connectivity index (χ1) is 15.1. The van der Waals surface area contributed by atoms with Gasteiger partial charge in [-0.2, -0.15) is 0 Å². The first kappa shape index (κ1) is 22.0. The van der Waals surface area contributed by atoms with E-state index < -0.39 is 6.04 Å². The fourth-order valence-corrected chi connectivity index (χ4v) is 3.80. The zero-order valence-corrected chi connectivity index (χ0v) is 19.0.